The number of aromatic nitrogens is 1. The third kappa shape index (κ3) is 3.15. The van der Waals surface area contributed by atoms with Crippen LogP contribution in [0.5, 0.6) is 0 Å². The van der Waals surface area contributed by atoms with Gasteiger partial charge < -0.3 is 11.1 Å². The molecule has 126 valence electrons. The molecule has 0 aliphatic heterocycles. The third-order valence-corrected chi connectivity index (χ3v) is 4.33. The fourth-order valence-electron chi connectivity index (χ4n) is 3.05. The summed E-state index contributed by atoms with van der Waals surface area (Å²) >= 11 is 0. The summed E-state index contributed by atoms with van der Waals surface area (Å²) in [6.45, 7) is 0. The fraction of sp³-hybridized carbons (Fsp3) is 0. The van der Waals surface area contributed by atoms with Crippen LogP contribution in [-0.2, 0) is 0 Å². The maximum absolute atomic E-state index is 6.49. The summed E-state index contributed by atoms with van der Waals surface area (Å²) < 4.78 is 0. The first-order chi connectivity index (χ1) is 12.8. The van der Waals surface area contributed by atoms with E-state index >= 15 is 0 Å². The highest BCUT2D eigenvalue weighted by atomic mass is 15.0. The molecule has 0 unspecified atom stereocenters. The molecule has 0 saturated heterocycles. The van der Waals surface area contributed by atoms with E-state index in [1.807, 2.05) is 66.7 Å². The molecular weight excluding hydrogens is 318 g/mol. The molecule has 1 aromatic heterocycles. The summed E-state index contributed by atoms with van der Waals surface area (Å²) in [7, 11) is 0. The Morgan fingerprint density at radius 1 is 0.615 bits per heavy atom. The number of hydrogen-bond acceptors (Lipinski definition) is 3. The smallest absolute Gasteiger partial charge is 0.154 e. The van der Waals surface area contributed by atoms with Crippen molar-refractivity contribution in [1.82, 2.24) is 4.98 Å². The van der Waals surface area contributed by atoms with Crippen LogP contribution in [0.15, 0.2) is 97.2 Å². The molecule has 3 heteroatoms. The summed E-state index contributed by atoms with van der Waals surface area (Å²) in [4.78, 5) is 4.43. The highest BCUT2D eigenvalue weighted by molar-refractivity contribution is 5.92. The van der Waals surface area contributed by atoms with Crippen LogP contribution in [0.3, 0.4) is 0 Å². The van der Waals surface area contributed by atoms with Gasteiger partial charge in [-0.05, 0) is 34.9 Å². The number of hydrogen-bond donors (Lipinski definition) is 2. The lowest BCUT2D eigenvalue weighted by Gasteiger charge is -2.15. The van der Waals surface area contributed by atoms with Gasteiger partial charge in [0.05, 0.1) is 5.69 Å². The molecule has 0 spiro atoms. The van der Waals surface area contributed by atoms with Crippen LogP contribution < -0.4 is 11.1 Å². The van der Waals surface area contributed by atoms with Crippen molar-refractivity contribution < 1.29 is 0 Å². The second-order valence-corrected chi connectivity index (χ2v) is 6.02. The minimum atomic E-state index is 0.639. The standard InChI is InChI=1S/C23H19N3/c24-22-21(15-16-25-23(22)26-18-11-5-2-6-12-18)20-14-8-7-13-19(20)17-9-3-1-4-10-17/h1-16H,24H2,(H,25,26). The number of rotatable bonds is 4. The van der Waals surface area contributed by atoms with Crippen LogP contribution in [0.4, 0.5) is 17.2 Å². The monoisotopic (exact) mass is 337 g/mol. The van der Waals surface area contributed by atoms with Gasteiger partial charge in [0.1, 0.15) is 0 Å². The summed E-state index contributed by atoms with van der Waals surface area (Å²) in [5, 5.41) is 3.31. The van der Waals surface area contributed by atoms with E-state index in [2.05, 4.69) is 34.6 Å². The Balaban J connectivity index is 1.79. The number of benzene rings is 3. The molecule has 0 radical (unpaired) electrons. The van der Waals surface area contributed by atoms with E-state index in [0.717, 1.165) is 27.9 Å². The van der Waals surface area contributed by atoms with Crippen molar-refractivity contribution in [3.8, 4) is 22.3 Å². The van der Waals surface area contributed by atoms with E-state index in [4.69, 9.17) is 5.73 Å². The van der Waals surface area contributed by atoms with Crippen molar-refractivity contribution in [3.05, 3.63) is 97.2 Å². The van der Waals surface area contributed by atoms with Gasteiger partial charge in [0, 0.05) is 17.4 Å². The maximum Gasteiger partial charge on any atom is 0.154 e. The Kier molecular flexibility index (Phi) is 4.35. The van der Waals surface area contributed by atoms with E-state index in [-0.39, 0.29) is 0 Å². The molecule has 0 bridgehead atoms. The maximum atomic E-state index is 6.49. The van der Waals surface area contributed by atoms with Crippen molar-refractivity contribution in [2.45, 2.75) is 0 Å². The molecule has 3 N–H and O–H groups in total. The van der Waals surface area contributed by atoms with E-state index in [0.29, 0.717) is 11.5 Å². The molecule has 4 aromatic rings. The number of para-hydroxylation sites is 1. The van der Waals surface area contributed by atoms with E-state index in [1.54, 1.807) is 6.20 Å². The Bertz CT molecular complexity index is 1010. The van der Waals surface area contributed by atoms with Crippen molar-refractivity contribution in [3.63, 3.8) is 0 Å². The first kappa shape index (κ1) is 15.9. The fourth-order valence-corrected chi connectivity index (χ4v) is 3.05. The lowest BCUT2D eigenvalue weighted by atomic mass is 9.94. The predicted octanol–water partition coefficient (Wildman–Crippen LogP) is 5.74. The summed E-state index contributed by atoms with van der Waals surface area (Å²) in [5.74, 6) is 0.663. The second-order valence-electron chi connectivity index (χ2n) is 6.02. The van der Waals surface area contributed by atoms with E-state index < -0.39 is 0 Å². The van der Waals surface area contributed by atoms with Gasteiger partial charge >= 0.3 is 0 Å². The van der Waals surface area contributed by atoms with E-state index in [9.17, 15) is 0 Å². The Labute approximate surface area is 153 Å². The minimum Gasteiger partial charge on any atom is -0.395 e. The molecule has 1 heterocycles. The average Bonchev–Trinajstić information content (AvgIpc) is 2.71. The van der Waals surface area contributed by atoms with Crippen LogP contribution in [0, 0.1) is 0 Å². The summed E-state index contributed by atoms with van der Waals surface area (Å²) in [6, 6.07) is 30.5. The molecular formula is C23H19N3. The quantitative estimate of drug-likeness (QED) is 0.499. The largest absolute Gasteiger partial charge is 0.395 e. The van der Waals surface area contributed by atoms with Gasteiger partial charge in [-0.3, -0.25) is 0 Å². The number of nitrogens with zero attached hydrogens (tertiary/aromatic N) is 1. The minimum absolute atomic E-state index is 0.639. The number of anilines is 3. The molecule has 0 aliphatic carbocycles. The molecule has 0 atom stereocenters. The number of nitrogen functional groups attached to an aromatic ring is 1. The van der Waals surface area contributed by atoms with Crippen LogP contribution in [0.25, 0.3) is 22.3 Å². The van der Waals surface area contributed by atoms with Gasteiger partial charge in [-0.15, -0.1) is 0 Å². The second kappa shape index (κ2) is 7.11. The van der Waals surface area contributed by atoms with Crippen LogP contribution >= 0.6 is 0 Å². The predicted molar refractivity (Wildman–Crippen MR) is 109 cm³/mol. The topological polar surface area (TPSA) is 50.9 Å². The average molecular weight is 337 g/mol. The van der Waals surface area contributed by atoms with Gasteiger partial charge in [0.15, 0.2) is 5.82 Å². The highest BCUT2D eigenvalue weighted by Gasteiger charge is 2.12. The number of nitrogens with two attached hydrogens (primary N) is 1. The van der Waals surface area contributed by atoms with Gasteiger partial charge in [0.25, 0.3) is 0 Å². The number of nitrogens with one attached hydrogen (secondary N) is 1. The molecule has 4 rings (SSSR count). The Hall–Kier alpha value is -3.59. The molecule has 0 amide bonds. The molecule has 0 fully saturated rings. The zero-order valence-corrected chi connectivity index (χ0v) is 14.3. The van der Waals surface area contributed by atoms with Crippen molar-refractivity contribution in [2.24, 2.45) is 0 Å². The Morgan fingerprint density at radius 3 is 1.96 bits per heavy atom. The van der Waals surface area contributed by atoms with Gasteiger partial charge in [0.2, 0.25) is 0 Å². The van der Waals surface area contributed by atoms with Crippen molar-refractivity contribution in [1.29, 1.82) is 0 Å². The SMILES string of the molecule is Nc1c(-c2ccccc2-c2ccccc2)ccnc1Nc1ccccc1. The molecule has 0 saturated carbocycles. The highest BCUT2D eigenvalue weighted by Crippen LogP contribution is 2.37. The zero-order chi connectivity index (χ0) is 17.8. The van der Waals surface area contributed by atoms with Crippen LogP contribution in [-0.4, -0.2) is 4.98 Å². The molecule has 0 aliphatic rings. The van der Waals surface area contributed by atoms with Gasteiger partial charge in [-0.25, -0.2) is 4.98 Å². The van der Waals surface area contributed by atoms with Crippen LogP contribution in [0.1, 0.15) is 0 Å². The molecule has 3 nitrogen and oxygen atoms in total. The zero-order valence-electron chi connectivity index (χ0n) is 14.3. The molecule has 3 aromatic carbocycles. The van der Waals surface area contributed by atoms with Gasteiger partial charge in [-0.1, -0.05) is 72.8 Å². The van der Waals surface area contributed by atoms with Gasteiger partial charge in [-0.2, -0.15) is 0 Å². The first-order valence-electron chi connectivity index (χ1n) is 8.54. The third-order valence-electron chi connectivity index (χ3n) is 4.33. The normalized spacial score (nSPS) is 10.5. The summed E-state index contributed by atoms with van der Waals surface area (Å²) in [6.07, 6.45) is 1.79. The lowest BCUT2D eigenvalue weighted by Crippen LogP contribution is -2.01. The first-order valence-corrected chi connectivity index (χ1v) is 8.54. The summed E-state index contributed by atoms with van der Waals surface area (Å²) in [5.41, 5.74) is 12.5. The lowest BCUT2D eigenvalue weighted by molar-refractivity contribution is 1.31. The molecule has 26 heavy (non-hydrogen) atoms. The van der Waals surface area contributed by atoms with Crippen LogP contribution in [0.2, 0.25) is 0 Å². The van der Waals surface area contributed by atoms with Crippen molar-refractivity contribution in [2.75, 3.05) is 11.1 Å². The van der Waals surface area contributed by atoms with E-state index in [1.165, 1.54) is 0 Å². The Morgan fingerprint density at radius 2 is 1.23 bits per heavy atom. The van der Waals surface area contributed by atoms with Crippen molar-refractivity contribution >= 4 is 17.2 Å². The number of pyridine rings is 1.